The first-order chi connectivity index (χ1) is 9.66. The SMILES string of the molecule is NC(=O)[C@@H]1CCCC[C@@H]1NCC#Cc1ccc(Cl)cc1. The van der Waals surface area contributed by atoms with Crippen molar-refractivity contribution >= 4 is 17.5 Å². The summed E-state index contributed by atoms with van der Waals surface area (Å²) in [5.74, 6) is 5.88. The minimum Gasteiger partial charge on any atom is -0.369 e. The molecule has 0 bridgehead atoms. The lowest BCUT2D eigenvalue weighted by atomic mass is 9.84. The Morgan fingerprint density at radius 2 is 2.00 bits per heavy atom. The topological polar surface area (TPSA) is 55.1 Å². The summed E-state index contributed by atoms with van der Waals surface area (Å²) in [6, 6.07) is 7.59. The van der Waals surface area contributed by atoms with Crippen LogP contribution in [-0.2, 0) is 4.79 Å². The molecule has 20 heavy (non-hydrogen) atoms. The molecule has 1 fully saturated rings. The van der Waals surface area contributed by atoms with Gasteiger partial charge in [0.2, 0.25) is 5.91 Å². The van der Waals surface area contributed by atoms with Crippen LogP contribution in [0.5, 0.6) is 0 Å². The molecule has 3 N–H and O–H groups in total. The van der Waals surface area contributed by atoms with Crippen molar-refractivity contribution in [1.29, 1.82) is 0 Å². The molecule has 4 heteroatoms. The van der Waals surface area contributed by atoms with Crippen molar-refractivity contribution in [3.63, 3.8) is 0 Å². The molecule has 0 aliphatic heterocycles. The first kappa shape index (κ1) is 14.9. The molecule has 1 aliphatic rings. The molecule has 0 radical (unpaired) electrons. The van der Waals surface area contributed by atoms with Crippen molar-refractivity contribution < 1.29 is 4.79 Å². The van der Waals surface area contributed by atoms with Gasteiger partial charge in [0.1, 0.15) is 0 Å². The molecule has 1 amide bonds. The molecule has 106 valence electrons. The van der Waals surface area contributed by atoms with E-state index < -0.39 is 0 Å². The van der Waals surface area contributed by atoms with Crippen LogP contribution in [0.3, 0.4) is 0 Å². The smallest absolute Gasteiger partial charge is 0.222 e. The predicted octanol–water partition coefficient (Wildman–Crippen LogP) is 2.33. The minimum absolute atomic E-state index is 0.0546. The van der Waals surface area contributed by atoms with E-state index in [4.69, 9.17) is 17.3 Å². The van der Waals surface area contributed by atoms with Crippen LogP contribution in [0.1, 0.15) is 31.2 Å². The van der Waals surface area contributed by atoms with Gasteiger partial charge >= 0.3 is 0 Å². The van der Waals surface area contributed by atoms with Crippen molar-refractivity contribution in [3.8, 4) is 11.8 Å². The van der Waals surface area contributed by atoms with Gasteiger partial charge < -0.3 is 11.1 Å². The van der Waals surface area contributed by atoms with Crippen molar-refractivity contribution in [2.24, 2.45) is 11.7 Å². The lowest BCUT2D eigenvalue weighted by molar-refractivity contribution is -0.123. The quantitative estimate of drug-likeness (QED) is 0.840. The monoisotopic (exact) mass is 290 g/mol. The predicted molar refractivity (Wildman–Crippen MR) is 81.3 cm³/mol. The molecule has 2 atom stereocenters. The molecule has 0 saturated heterocycles. The fraction of sp³-hybridized carbons (Fsp3) is 0.438. The fourth-order valence-corrected chi connectivity index (χ4v) is 2.70. The largest absolute Gasteiger partial charge is 0.369 e. The number of nitrogens with two attached hydrogens (primary N) is 1. The van der Waals surface area contributed by atoms with Gasteiger partial charge in [-0.1, -0.05) is 36.3 Å². The molecule has 0 heterocycles. The highest BCUT2D eigenvalue weighted by Gasteiger charge is 2.28. The molecule has 1 aromatic carbocycles. The standard InChI is InChI=1S/C16H19ClN2O/c17-13-9-7-12(8-10-13)4-3-11-19-15-6-2-1-5-14(15)16(18)20/h7-10,14-15,19H,1-2,5-6,11H2,(H2,18,20)/t14-,15+/m1/s1. The maximum absolute atomic E-state index is 11.4. The van der Waals surface area contributed by atoms with Crippen molar-refractivity contribution in [3.05, 3.63) is 34.9 Å². The Bertz CT molecular complexity index is 516. The van der Waals surface area contributed by atoms with E-state index in [9.17, 15) is 4.79 Å². The van der Waals surface area contributed by atoms with Crippen molar-refractivity contribution in [1.82, 2.24) is 5.32 Å². The number of nitrogens with one attached hydrogen (secondary N) is 1. The molecule has 1 saturated carbocycles. The van der Waals surface area contributed by atoms with E-state index in [0.29, 0.717) is 11.6 Å². The molecular formula is C16H19ClN2O. The molecule has 2 rings (SSSR count). The highest BCUT2D eigenvalue weighted by molar-refractivity contribution is 6.30. The van der Waals surface area contributed by atoms with E-state index in [1.807, 2.05) is 24.3 Å². The number of carbonyl (C=O) groups is 1. The van der Waals surface area contributed by atoms with Crippen LogP contribution < -0.4 is 11.1 Å². The van der Waals surface area contributed by atoms with Gasteiger partial charge in [-0.3, -0.25) is 4.79 Å². The maximum Gasteiger partial charge on any atom is 0.222 e. The van der Waals surface area contributed by atoms with Crippen LogP contribution in [0.25, 0.3) is 0 Å². The van der Waals surface area contributed by atoms with Crippen LogP contribution in [0.2, 0.25) is 5.02 Å². The second-order valence-corrected chi connectivity index (χ2v) is 5.53. The van der Waals surface area contributed by atoms with E-state index in [1.54, 1.807) is 0 Å². The van der Waals surface area contributed by atoms with Crippen LogP contribution in [0.4, 0.5) is 0 Å². The number of primary amides is 1. The third kappa shape index (κ3) is 4.26. The van der Waals surface area contributed by atoms with Crippen LogP contribution in [0, 0.1) is 17.8 Å². The van der Waals surface area contributed by atoms with Gasteiger partial charge in [-0.25, -0.2) is 0 Å². The Kier molecular flexibility index (Phi) is 5.46. The Labute approximate surface area is 124 Å². The molecule has 1 aliphatic carbocycles. The average molecular weight is 291 g/mol. The minimum atomic E-state index is -0.201. The van der Waals surface area contributed by atoms with E-state index >= 15 is 0 Å². The maximum atomic E-state index is 11.4. The van der Waals surface area contributed by atoms with Crippen molar-refractivity contribution in [2.45, 2.75) is 31.7 Å². The summed E-state index contributed by atoms with van der Waals surface area (Å²) in [4.78, 5) is 11.4. The summed E-state index contributed by atoms with van der Waals surface area (Å²) in [5, 5.41) is 4.04. The third-order valence-electron chi connectivity index (χ3n) is 3.66. The fourth-order valence-electron chi connectivity index (χ4n) is 2.58. The van der Waals surface area contributed by atoms with Gasteiger partial charge in [-0.15, -0.1) is 0 Å². The Balaban J connectivity index is 1.86. The van der Waals surface area contributed by atoms with Gasteiger partial charge in [0.15, 0.2) is 0 Å². The van der Waals surface area contributed by atoms with E-state index in [1.165, 1.54) is 0 Å². The Morgan fingerprint density at radius 3 is 2.70 bits per heavy atom. The number of amides is 1. The average Bonchev–Trinajstić information content (AvgIpc) is 2.46. The second-order valence-electron chi connectivity index (χ2n) is 5.09. The first-order valence-corrected chi connectivity index (χ1v) is 7.32. The Morgan fingerprint density at radius 1 is 1.30 bits per heavy atom. The number of hydrogen-bond donors (Lipinski definition) is 2. The normalized spacial score (nSPS) is 21.9. The highest BCUT2D eigenvalue weighted by Crippen LogP contribution is 2.23. The van der Waals surface area contributed by atoms with Crippen molar-refractivity contribution in [2.75, 3.05) is 6.54 Å². The van der Waals surface area contributed by atoms with Crippen LogP contribution in [-0.4, -0.2) is 18.5 Å². The van der Waals surface area contributed by atoms with Gasteiger partial charge in [0, 0.05) is 16.6 Å². The summed E-state index contributed by atoms with van der Waals surface area (Å²) in [7, 11) is 0. The zero-order valence-electron chi connectivity index (χ0n) is 11.4. The zero-order chi connectivity index (χ0) is 14.4. The molecular weight excluding hydrogens is 272 g/mol. The lowest BCUT2D eigenvalue weighted by Gasteiger charge is -2.29. The Hall–Kier alpha value is -1.50. The van der Waals surface area contributed by atoms with Gasteiger partial charge in [-0.2, -0.15) is 0 Å². The highest BCUT2D eigenvalue weighted by atomic mass is 35.5. The first-order valence-electron chi connectivity index (χ1n) is 6.94. The van der Waals surface area contributed by atoms with Gasteiger partial charge in [0.25, 0.3) is 0 Å². The van der Waals surface area contributed by atoms with E-state index in [0.717, 1.165) is 31.2 Å². The van der Waals surface area contributed by atoms with E-state index in [2.05, 4.69) is 17.2 Å². The molecule has 0 unspecified atom stereocenters. The lowest BCUT2D eigenvalue weighted by Crippen LogP contribution is -2.44. The molecule has 3 nitrogen and oxygen atoms in total. The number of rotatable bonds is 3. The zero-order valence-corrected chi connectivity index (χ0v) is 12.1. The van der Waals surface area contributed by atoms with Crippen LogP contribution in [0.15, 0.2) is 24.3 Å². The summed E-state index contributed by atoms with van der Waals surface area (Å²) in [5.41, 5.74) is 6.38. The number of halogens is 1. The van der Waals surface area contributed by atoms with Gasteiger partial charge in [0.05, 0.1) is 12.5 Å². The van der Waals surface area contributed by atoms with E-state index in [-0.39, 0.29) is 17.9 Å². The summed E-state index contributed by atoms with van der Waals surface area (Å²) in [6.07, 6.45) is 4.11. The number of hydrogen-bond acceptors (Lipinski definition) is 2. The molecule has 0 spiro atoms. The second kappa shape index (κ2) is 7.33. The summed E-state index contributed by atoms with van der Waals surface area (Å²) in [6.45, 7) is 0.567. The third-order valence-corrected chi connectivity index (χ3v) is 3.91. The van der Waals surface area contributed by atoms with Gasteiger partial charge in [-0.05, 0) is 37.1 Å². The molecule has 0 aromatic heterocycles. The summed E-state index contributed by atoms with van der Waals surface area (Å²) < 4.78 is 0. The number of benzene rings is 1. The molecule has 1 aromatic rings. The van der Waals surface area contributed by atoms with Crippen LogP contribution >= 0.6 is 11.6 Å². The summed E-state index contributed by atoms with van der Waals surface area (Å²) >= 11 is 5.82. The number of carbonyl (C=O) groups excluding carboxylic acids is 1.